The molecule has 7 nitrogen and oxygen atoms in total. The van der Waals surface area contributed by atoms with Gasteiger partial charge in [-0.25, -0.2) is 24.0 Å². The molecule has 2 heterocycles. The molecule has 0 radical (unpaired) electrons. The van der Waals surface area contributed by atoms with E-state index >= 15 is 0 Å². The molecule has 18 heavy (non-hydrogen) atoms. The van der Waals surface area contributed by atoms with Crippen molar-refractivity contribution in [3.63, 3.8) is 0 Å². The lowest BCUT2D eigenvalue weighted by atomic mass is 10.5. The molecule has 4 N–H and O–H groups in total. The van der Waals surface area contributed by atoms with E-state index in [-0.39, 0.29) is 17.3 Å². The SMILES string of the molecule is NNc1cc(S(=O)(=O)NCc2ccco2)ccn1. The highest BCUT2D eigenvalue weighted by atomic mass is 32.2. The molecule has 0 unspecified atom stereocenters. The lowest BCUT2D eigenvalue weighted by Gasteiger charge is -2.06. The highest BCUT2D eigenvalue weighted by Gasteiger charge is 2.14. The molecule has 0 spiro atoms. The highest BCUT2D eigenvalue weighted by molar-refractivity contribution is 7.89. The molecule has 0 saturated carbocycles. The number of furan rings is 1. The van der Waals surface area contributed by atoms with E-state index in [1.165, 1.54) is 24.6 Å². The van der Waals surface area contributed by atoms with Gasteiger partial charge in [0.15, 0.2) is 0 Å². The fraction of sp³-hybridized carbons (Fsp3) is 0.100. The van der Waals surface area contributed by atoms with Crippen molar-refractivity contribution in [2.45, 2.75) is 11.4 Å². The number of nitrogens with two attached hydrogens (primary N) is 1. The molecule has 2 aromatic rings. The van der Waals surface area contributed by atoms with Crippen molar-refractivity contribution in [2.75, 3.05) is 5.43 Å². The summed E-state index contributed by atoms with van der Waals surface area (Å²) in [5.74, 6) is 5.98. The molecule has 96 valence electrons. The molecule has 0 bridgehead atoms. The Hall–Kier alpha value is -1.90. The zero-order chi connectivity index (χ0) is 13.0. The number of anilines is 1. The molecule has 0 atom stereocenters. The predicted molar refractivity (Wildman–Crippen MR) is 64.8 cm³/mol. The van der Waals surface area contributed by atoms with E-state index in [4.69, 9.17) is 10.3 Å². The zero-order valence-electron chi connectivity index (χ0n) is 9.33. The van der Waals surface area contributed by atoms with Gasteiger partial charge in [-0.15, -0.1) is 0 Å². The van der Waals surface area contributed by atoms with Crippen LogP contribution in [0.4, 0.5) is 5.82 Å². The molecule has 2 aromatic heterocycles. The maximum Gasteiger partial charge on any atom is 0.241 e. The number of nitrogens with one attached hydrogen (secondary N) is 2. The lowest BCUT2D eigenvalue weighted by molar-refractivity contribution is 0.498. The average Bonchev–Trinajstić information content (AvgIpc) is 2.90. The maximum absolute atomic E-state index is 11.9. The molecule has 0 fully saturated rings. The number of nitrogens with zero attached hydrogens (tertiary/aromatic N) is 1. The summed E-state index contributed by atoms with van der Waals surface area (Å²) >= 11 is 0. The summed E-state index contributed by atoms with van der Waals surface area (Å²) in [7, 11) is -3.61. The van der Waals surface area contributed by atoms with Crippen LogP contribution in [0.5, 0.6) is 0 Å². The van der Waals surface area contributed by atoms with Gasteiger partial charge in [-0.05, 0) is 18.2 Å². The first-order valence-electron chi connectivity index (χ1n) is 5.06. The minimum absolute atomic E-state index is 0.0806. The predicted octanol–water partition coefficient (Wildman–Crippen LogP) is 0.439. The van der Waals surface area contributed by atoms with Gasteiger partial charge in [0, 0.05) is 12.3 Å². The van der Waals surface area contributed by atoms with E-state index < -0.39 is 10.0 Å². The molecule has 0 aliphatic heterocycles. The van der Waals surface area contributed by atoms with Crippen molar-refractivity contribution in [1.29, 1.82) is 0 Å². The number of rotatable bonds is 5. The molecule has 0 aliphatic rings. The van der Waals surface area contributed by atoms with Gasteiger partial charge in [-0.2, -0.15) is 0 Å². The van der Waals surface area contributed by atoms with E-state index in [1.54, 1.807) is 12.1 Å². The van der Waals surface area contributed by atoms with Gasteiger partial charge >= 0.3 is 0 Å². The third kappa shape index (κ3) is 2.86. The Kier molecular flexibility index (Phi) is 3.60. The number of aromatic nitrogens is 1. The first kappa shape index (κ1) is 12.6. The zero-order valence-corrected chi connectivity index (χ0v) is 10.1. The van der Waals surface area contributed by atoms with Gasteiger partial charge < -0.3 is 9.84 Å². The fourth-order valence-corrected chi connectivity index (χ4v) is 2.33. The minimum atomic E-state index is -3.61. The van der Waals surface area contributed by atoms with E-state index in [2.05, 4.69) is 15.1 Å². The average molecular weight is 268 g/mol. The van der Waals surface area contributed by atoms with Crippen LogP contribution in [0.15, 0.2) is 46.0 Å². The smallest absolute Gasteiger partial charge is 0.241 e. The number of hydrazine groups is 1. The first-order chi connectivity index (χ1) is 8.62. The summed E-state index contributed by atoms with van der Waals surface area (Å²) in [5, 5.41) is 0. The number of pyridine rings is 1. The van der Waals surface area contributed by atoms with E-state index in [0.717, 1.165) is 0 Å². The van der Waals surface area contributed by atoms with Crippen molar-refractivity contribution in [2.24, 2.45) is 5.84 Å². The second kappa shape index (κ2) is 5.17. The Morgan fingerprint density at radius 1 is 1.39 bits per heavy atom. The van der Waals surface area contributed by atoms with Gasteiger partial charge in [0.25, 0.3) is 0 Å². The molecule has 0 saturated heterocycles. The number of hydrogen-bond donors (Lipinski definition) is 3. The first-order valence-corrected chi connectivity index (χ1v) is 6.55. The normalized spacial score (nSPS) is 11.4. The molecular weight excluding hydrogens is 256 g/mol. The third-order valence-electron chi connectivity index (χ3n) is 2.21. The Labute approximate surface area is 104 Å². The van der Waals surface area contributed by atoms with Crippen LogP contribution in [-0.2, 0) is 16.6 Å². The van der Waals surface area contributed by atoms with E-state index in [0.29, 0.717) is 5.76 Å². The van der Waals surface area contributed by atoms with Crippen LogP contribution in [-0.4, -0.2) is 13.4 Å². The molecule has 0 aromatic carbocycles. The Balaban J connectivity index is 2.14. The molecule has 8 heteroatoms. The van der Waals surface area contributed by atoms with Gasteiger partial charge in [-0.3, -0.25) is 0 Å². The van der Waals surface area contributed by atoms with Crippen molar-refractivity contribution in [1.82, 2.24) is 9.71 Å². The Morgan fingerprint density at radius 3 is 2.89 bits per heavy atom. The van der Waals surface area contributed by atoms with Crippen LogP contribution in [0.2, 0.25) is 0 Å². The van der Waals surface area contributed by atoms with Crippen LogP contribution >= 0.6 is 0 Å². The van der Waals surface area contributed by atoms with E-state index in [9.17, 15) is 8.42 Å². The van der Waals surface area contributed by atoms with Crippen LogP contribution < -0.4 is 16.0 Å². The van der Waals surface area contributed by atoms with Crippen LogP contribution in [0.3, 0.4) is 0 Å². The molecular formula is C10H12N4O3S. The van der Waals surface area contributed by atoms with Gasteiger partial charge in [0.05, 0.1) is 17.7 Å². The molecule has 0 amide bonds. The van der Waals surface area contributed by atoms with Crippen molar-refractivity contribution >= 4 is 15.8 Å². The van der Waals surface area contributed by atoms with Crippen LogP contribution in [0.1, 0.15) is 5.76 Å². The summed E-state index contributed by atoms with van der Waals surface area (Å²) < 4.78 is 31.3. The summed E-state index contributed by atoms with van der Waals surface area (Å²) in [6.45, 7) is 0.0864. The standard InChI is InChI=1S/C10H12N4O3S/c11-14-10-6-9(3-4-12-10)18(15,16)13-7-8-2-1-5-17-8/h1-6,13H,7,11H2,(H,12,14). The summed E-state index contributed by atoms with van der Waals surface area (Å²) in [6, 6.07) is 6.09. The largest absolute Gasteiger partial charge is 0.468 e. The summed E-state index contributed by atoms with van der Waals surface area (Å²) in [4.78, 5) is 3.92. The third-order valence-corrected chi connectivity index (χ3v) is 3.61. The minimum Gasteiger partial charge on any atom is -0.468 e. The topological polar surface area (TPSA) is 110 Å². The van der Waals surface area contributed by atoms with Crippen molar-refractivity contribution in [3.8, 4) is 0 Å². The van der Waals surface area contributed by atoms with Gasteiger partial charge in [0.1, 0.15) is 11.6 Å². The fourth-order valence-electron chi connectivity index (χ4n) is 1.32. The van der Waals surface area contributed by atoms with Crippen molar-refractivity contribution < 1.29 is 12.8 Å². The monoisotopic (exact) mass is 268 g/mol. The van der Waals surface area contributed by atoms with E-state index in [1.807, 2.05) is 0 Å². The second-order valence-corrected chi connectivity index (χ2v) is 5.19. The lowest BCUT2D eigenvalue weighted by Crippen LogP contribution is -2.23. The molecule has 0 aliphatic carbocycles. The van der Waals surface area contributed by atoms with Crippen molar-refractivity contribution in [3.05, 3.63) is 42.5 Å². The summed E-state index contributed by atoms with van der Waals surface area (Å²) in [5.41, 5.74) is 2.29. The number of sulfonamides is 1. The molecule has 2 rings (SSSR count). The second-order valence-electron chi connectivity index (χ2n) is 3.43. The Bertz CT molecular complexity index is 610. The number of hydrogen-bond acceptors (Lipinski definition) is 6. The van der Waals surface area contributed by atoms with Gasteiger partial charge in [0.2, 0.25) is 10.0 Å². The summed E-state index contributed by atoms with van der Waals surface area (Å²) in [6.07, 6.45) is 2.84. The van der Waals surface area contributed by atoms with Crippen LogP contribution in [0, 0.1) is 0 Å². The quantitative estimate of drug-likeness (QED) is 0.536. The highest BCUT2D eigenvalue weighted by Crippen LogP contribution is 2.12. The van der Waals surface area contributed by atoms with Gasteiger partial charge in [-0.1, -0.05) is 0 Å². The Morgan fingerprint density at radius 2 is 2.22 bits per heavy atom. The number of nitrogen functional groups attached to an aromatic ring is 1. The van der Waals surface area contributed by atoms with Crippen LogP contribution in [0.25, 0.3) is 0 Å². The maximum atomic E-state index is 11.9.